The molecule has 0 bridgehead atoms. The van der Waals surface area contributed by atoms with Crippen molar-refractivity contribution < 1.29 is 14.7 Å². The van der Waals surface area contributed by atoms with E-state index in [2.05, 4.69) is 5.32 Å². The fourth-order valence-electron chi connectivity index (χ4n) is 1.69. The van der Waals surface area contributed by atoms with Crippen molar-refractivity contribution in [2.24, 2.45) is 0 Å². The summed E-state index contributed by atoms with van der Waals surface area (Å²) in [6, 6.07) is 0.282. The van der Waals surface area contributed by atoms with E-state index in [9.17, 15) is 9.59 Å². The van der Waals surface area contributed by atoms with Gasteiger partial charge in [0.25, 0.3) is 0 Å². The van der Waals surface area contributed by atoms with Gasteiger partial charge >= 0.3 is 5.97 Å². The third kappa shape index (κ3) is 4.29. The molecule has 1 aliphatic heterocycles. The maximum absolute atomic E-state index is 11.6. The van der Waals surface area contributed by atoms with Crippen LogP contribution in [0.25, 0.3) is 0 Å². The lowest BCUT2D eigenvalue weighted by molar-refractivity contribution is -0.138. The number of amides is 1. The molecule has 1 heterocycles. The van der Waals surface area contributed by atoms with Gasteiger partial charge in [-0.2, -0.15) is 0 Å². The van der Waals surface area contributed by atoms with Gasteiger partial charge in [0.15, 0.2) is 0 Å². The van der Waals surface area contributed by atoms with Crippen molar-refractivity contribution in [2.75, 3.05) is 20.1 Å². The van der Waals surface area contributed by atoms with Crippen LogP contribution in [-0.2, 0) is 9.59 Å². The van der Waals surface area contributed by atoms with Gasteiger partial charge in [-0.3, -0.25) is 9.59 Å². The summed E-state index contributed by atoms with van der Waals surface area (Å²) < 4.78 is 0. The van der Waals surface area contributed by atoms with Crippen LogP contribution in [-0.4, -0.2) is 48.1 Å². The number of carboxylic acid groups (broad SMARTS) is 1. The Bertz CT molecular complexity index is 237. The highest BCUT2D eigenvalue weighted by Crippen LogP contribution is 2.09. The van der Waals surface area contributed by atoms with Crippen molar-refractivity contribution in [1.29, 1.82) is 0 Å². The molecule has 1 fully saturated rings. The number of rotatable bonds is 5. The molecule has 1 amide bonds. The second kappa shape index (κ2) is 5.70. The minimum Gasteiger partial charge on any atom is -0.481 e. The van der Waals surface area contributed by atoms with Crippen molar-refractivity contribution in [3.05, 3.63) is 0 Å². The van der Waals surface area contributed by atoms with Gasteiger partial charge in [-0.25, -0.2) is 0 Å². The van der Waals surface area contributed by atoms with Crippen LogP contribution in [0.4, 0.5) is 0 Å². The summed E-state index contributed by atoms with van der Waals surface area (Å²) in [4.78, 5) is 23.4. The zero-order chi connectivity index (χ0) is 11.3. The van der Waals surface area contributed by atoms with E-state index in [1.807, 2.05) is 0 Å². The van der Waals surface area contributed by atoms with Gasteiger partial charge in [0.1, 0.15) is 0 Å². The molecule has 1 aliphatic rings. The van der Waals surface area contributed by atoms with Crippen molar-refractivity contribution >= 4 is 11.9 Å². The summed E-state index contributed by atoms with van der Waals surface area (Å²) in [7, 11) is 1.65. The molecule has 15 heavy (non-hydrogen) atoms. The molecule has 5 heteroatoms. The van der Waals surface area contributed by atoms with Crippen LogP contribution in [0.15, 0.2) is 0 Å². The Morgan fingerprint density at radius 3 is 2.80 bits per heavy atom. The lowest BCUT2D eigenvalue weighted by Crippen LogP contribution is -2.34. The quantitative estimate of drug-likeness (QED) is 0.679. The van der Waals surface area contributed by atoms with Crippen molar-refractivity contribution in [1.82, 2.24) is 10.2 Å². The molecule has 1 atom stereocenters. The first-order valence-corrected chi connectivity index (χ1v) is 5.28. The Morgan fingerprint density at radius 1 is 1.53 bits per heavy atom. The largest absolute Gasteiger partial charge is 0.481 e. The third-order valence-corrected chi connectivity index (χ3v) is 2.67. The monoisotopic (exact) mass is 214 g/mol. The minimum atomic E-state index is -0.867. The number of hydrogen-bond acceptors (Lipinski definition) is 3. The summed E-state index contributed by atoms with van der Waals surface area (Å²) in [5.41, 5.74) is 0. The van der Waals surface area contributed by atoms with Crippen LogP contribution in [0, 0.1) is 0 Å². The highest BCUT2D eigenvalue weighted by atomic mass is 16.4. The minimum absolute atomic E-state index is 0.0142. The first kappa shape index (κ1) is 12.0. The first-order valence-electron chi connectivity index (χ1n) is 5.28. The Morgan fingerprint density at radius 2 is 2.27 bits per heavy atom. The van der Waals surface area contributed by atoms with Gasteiger partial charge in [-0.05, 0) is 19.4 Å². The number of carbonyl (C=O) groups excluding carboxylic acids is 1. The Kier molecular flexibility index (Phi) is 4.55. The Labute approximate surface area is 89.4 Å². The van der Waals surface area contributed by atoms with E-state index < -0.39 is 5.97 Å². The maximum atomic E-state index is 11.6. The summed E-state index contributed by atoms with van der Waals surface area (Å²) >= 11 is 0. The summed E-state index contributed by atoms with van der Waals surface area (Å²) in [5.74, 6) is -0.843. The highest BCUT2D eigenvalue weighted by molar-refractivity contribution is 5.77. The van der Waals surface area contributed by atoms with E-state index >= 15 is 0 Å². The van der Waals surface area contributed by atoms with E-state index in [0.717, 1.165) is 19.4 Å². The maximum Gasteiger partial charge on any atom is 0.305 e. The first-order chi connectivity index (χ1) is 7.09. The standard InChI is InChI=1S/C10H18N2O3/c1-12(6-4-10(14)15)9(13)7-8-3-2-5-11-8/h8,11H,2-7H2,1H3,(H,14,15). The average molecular weight is 214 g/mol. The Balaban J connectivity index is 2.22. The lowest BCUT2D eigenvalue weighted by Gasteiger charge is -2.18. The molecule has 0 spiro atoms. The smallest absolute Gasteiger partial charge is 0.305 e. The van der Waals surface area contributed by atoms with Gasteiger partial charge in [0, 0.05) is 26.1 Å². The molecular weight excluding hydrogens is 196 g/mol. The number of carboxylic acids is 1. The van der Waals surface area contributed by atoms with Crippen molar-refractivity contribution in [3.63, 3.8) is 0 Å². The van der Waals surface area contributed by atoms with Crippen LogP contribution < -0.4 is 5.32 Å². The van der Waals surface area contributed by atoms with Gasteiger partial charge in [-0.1, -0.05) is 0 Å². The molecule has 1 rings (SSSR count). The van der Waals surface area contributed by atoms with Gasteiger partial charge in [0.2, 0.25) is 5.91 Å². The molecule has 0 saturated carbocycles. The topological polar surface area (TPSA) is 69.6 Å². The molecule has 0 aromatic carbocycles. The van der Waals surface area contributed by atoms with E-state index in [1.165, 1.54) is 4.90 Å². The second-order valence-corrected chi connectivity index (χ2v) is 3.96. The molecule has 1 unspecified atom stereocenters. The predicted molar refractivity (Wildman–Crippen MR) is 55.5 cm³/mol. The molecule has 1 saturated heterocycles. The third-order valence-electron chi connectivity index (χ3n) is 2.67. The molecule has 2 N–H and O–H groups in total. The molecule has 5 nitrogen and oxygen atoms in total. The fourth-order valence-corrected chi connectivity index (χ4v) is 1.69. The number of nitrogens with zero attached hydrogens (tertiary/aromatic N) is 1. The van der Waals surface area contributed by atoms with Crippen LogP contribution >= 0.6 is 0 Å². The van der Waals surface area contributed by atoms with E-state index in [0.29, 0.717) is 13.0 Å². The molecule has 86 valence electrons. The van der Waals surface area contributed by atoms with Crippen molar-refractivity contribution in [2.45, 2.75) is 31.7 Å². The molecule has 0 aromatic rings. The van der Waals surface area contributed by atoms with Crippen LogP contribution in [0.2, 0.25) is 0 Å². The summed E-state index contributed by atoms with van der Waals surface area (Å²) in [6.07, 6.45) is 2.66. The molecule has 0 aromatic heterocycles. The van der Waals surface area contributed by atoms with E-state index in [-0.39, 0.29) is 18.4 Å². The number of hydrogen-bond donors (Lipinski definition) is 2. The van der Waals surface area contributed by atoms with Crippen molar-refractivity contribution in [3.8, 4) is 0 Å². The Hall–Kier alpha value is -1.10. The average Bonchev–Trinajstić information content (AvgIpc) is 2.66. The van der Waals surface area contributed by atoms with Gasteiger partial charge in [-0.15, -0.1) is 0 Å². The molecular formula is C10H18N2O3. The number of nitrogens with one attached hydrogen (secondary N) is 1. The highest BCUT2D eigenvalue weighted by Gasteiger charge is 2.19. The lowest BCUT2D eigenvalue weighted by atomic mass is 10.1. The molecule has 0 aliphatic carbocycles. The van der Waals surface area contributed by atoms with E-state index in [1.54, 1.807) is 7.05 Å². The number of carbonyl (C=O) groups is 2. The zero-order valence-electron chi connectivity index (χ0n) is 9.03. The van der Waals surface area contributed by atoms with Gasteiger partial charge < -0.3 is 15.3 Å². The van der Waals surface area contributed by atoms with Crippen LogP contribution in [0.1, 0.15) is 25.7 Å². The fraction of sp³-hybridized carbons (Fsp3) is 0.800. The molecule has 0 radical (unpaired) electrons. The van der Waals surface area contributed by atoms with Crippen LogP contribution in [0.3, 0.4) is 0 Å². The predicted octanol–water partition coefficient (Wildman–Crippen LogP) is 0.0616. The SMILES string of the molecule is CN(CCC(=O)O)C(=O)CC1CCCN1. The van der Waals surface area contributed by atoms with E-state index in [4.69, 9.17) is 5.11 Å². The van der Waals surface area contributed by atoms with Crippen LogP contribution in [0.5, 0.6) is 0 Å². The summed E-state index contributed by atoms with van der Waals surface area (Å²) in [6.45, 7) is 1.28. The second-order valence-electron chi connectivity index (χ2n) is 3.96. The zero-order valence-corrected chi connectivity index (χ0v) is 9.03. The normalized spacial score (nSPS) is 20.2. The number of aliphatic carboxylic acids is 1. The summed E-state index contributed by atoms with van der Waals surface area (Å²) in [5, 5.41) is 11.7. The van der Waals surface area contributed by atoms with Gasteiger partial charge in [0.05, 0.1) is 6.42 Å².